The van der Waals surface area contributed by atoms with Gasteiger partial charge in [-0.15, -0.1) is 0 Å². The summed E-state index contributed by atoms with van der Waals surface area (Å²) in [5.74, 6) is 0. The van der Waals surface area contributed by atoms with Crippen LogP contribution in [0, 0.1) is 0 Å². The molecule has 0 fully saturated rings. The number of aliphatic hydroxyl groups is 1. The maximum Gasteiger partial charge on any atom is 0.0618 e. The Labute approximate surface area is 120 Å². The lowest BCUT2D eigenvalue weighted by atomic mass is 10.1. The molecule has 0 saturated heterocycles. The van der Waals surface area contributed by atoms with E-state index >= 15 is 0 Å². The van der Waals surface area contributed by atoms with Crippen LogP contribution in [0.5, 0.6) is 0 Å². The molecule has 0 aromatic carbocycles. The number of nitrogens with two attached hydrogens (primary N) is 1. The predicted molar refractivity (Wildman–Crippen MR) is 85.3 cm³/mol. The summed E-state index contributed by atoms with van der Waals surface area (Å²) in [5, 5.41) is 8.75. The molecule has 0 bridgehead atoms. The zero-order valence-corrected chi connectivity index (χ0v) is 12.9. The largest absolute Gasteiger partial charge is 0.394 e. The average molecular weight is 269 g/mol. The Hall–Kier alpha value is -0.340. The van der Waals surface area contributed by atoms with Crippen molar-refractivity contribution < 1.29 is 5.11 Å². The summed E-state index contributed by atoms with van der Waals surface area (Å²) in [6.07, 6.45) is 20.4. The lowest BCUT2D eigenvalue weighted by Gasteiger charge is -2.02. The summed E-state index contributed by atoms with van der Waals surface area (Å²) in [7, 11) is 0. The van der Waals surface area contributed by atoms with E-state index in [2.05, 4.69) is 13.0 Å². The van der Waals surface area contributed by atoms with E-state index in [1.165, 1.54) is 70.6 Å². The van der Waals surface area contributed by atoms with E-state index in [9.17, 15) is 0 Å². The molecule has 0 aromatic heterocycles. The molecule has 2 heteroatoms. The number of hydrogen-bond donors (Lipinski definition) is 2. The van der Waals surface area contributed by atoms with E-state index in [0.29, 0.717) is 0 Å². The first-order valence-electron chi connectivity index (χ1n) is 8.34. The Morgan fingerprint density at radius 1 is 0.842 bits per heavy atom. The molecule has 1 unspecified atom stereocenters. The van der Waals surface area contributed by atoms with Gasteiger partial charge in [0.25, 0.3) is 0 Å². The molecule has 0 aliphatic heterocycles. The van der Waals surface area contributed by atoms with Crippen molar-refractivity contribution in [1.82, 2.24) is 0 Å². The van der Waals surface area contributed by atoms with Gasteiger partial charge in [0.15, 0.2) is 0 Å². The fourth-order valence-corrected chi connectivity index (χ4v) is 2.26. The number of aliphatic hydroxyl groups excluding tert-OH is 1. The lowest BCUT2D eigenvalue weighted by molar-refractivity contribution is 0.284. The highest BCUT2D eigenvalue weighted by atomic mass is 16.3. The minimum absolute atomic E-state index is 0.0504. The molecule has 0 aromatic rings. The summed E-state index contributed by atoms with van der Waals surface area (Å²) in [5.41, 5.74) is 5.58. The van der Waals surface area contributed by atoms with Crippen LogP contribution in [0.4, 0.5) is 0 Å². The van der Waals surface area contributed by atoms with Crippen molar-refractivity contribution in [2.75, 3.05) is 6.61 Å². The number of allylic oxidation sites excluding steroid dienone is 1. The van der Waals surface area contributed by atoms with Gasteiger partial charge in [0.1, 0.15) is 0 Å². The van der Waals surface area contributed by atoms with Gasteiger partial charge in [-0.05, 0) is 12.8 Å². The van der Waals surface area contributed by atoms with Crippen molar-refractivity contribution in [3.8, 4) is 0 Å². The molecule has 0 heterocycles. The van der Waals surface area contributed by atoms with E-state index in [4.69, 9.17) is 10.8 Å². The van der Waals surface area contributed by atoms with Crippen molar-refractivity contribution in [3.63, 3.8) is 0 Å². The summed E-state index contributed by atoms with van der Waals surface area (Å²) in [6, 6.07) is -0.173. The summed E-state index contributed by atoms with van der Waals surface area (Å²) in [6.45, 7) is 2.32. The van der Waals surface area contributed by atoms with Crippen LogP contribution >= 0.6 is 0 Å². The normalized spacial score (nSPS) is 13.2. The lowest BCUT2D eigenvalue weighted by Crippen LogP contribution is -2.20. The van der Waals surface area contributed by atoms with E-state index in [1.807, 2.05) is 6.08 Å². The van der Waals surface area contributed by atoms with Crippen LogP contribution in [0.1, 0.15) is 84.0 Å². The van der Waals surface area contributed by atoms with Crippen LogP contribution in [0.2, 0.25) is 0 Å². The molecule has 0 aliphatic rings. The van der Waals surface area contributed by atoms with Gasteiger partial charge in [-0.25, -0.2) is 0 Å². The number of unbranched alkanes of at least 4 members (excludes halogenated alkanes) is 11. The Morgan fingerprint density at radius 3 is 1.79 bits per heavy atom. The molecular weight excluding hydrogens is 234 g/mol. The molecule has 0 rings (SSSR count). The maximum atomic E-state index is 8.75. The quantitative estimate of drug-likeness (QED) is 0.358. The van der Waals surface area contributed by atoms with E-state index in [0.717, 1.165) is 6.42 Å². The minimum Gasteiger partial charge on any atom is -0.394 e. The predicted octanol–water partition coefficient (Wildman–Crippen LogP) is 4.56. The highest BCUT2D eigenvalue weighted by Crippen LogP contribution is 2.11. The molecule has 19 heavy (non-hydrogen) atoms. The number of hydrogen-bond acceptors (Lipinski definition) is 2. The molecule has 0 spiro atoms. The highest BCUT2D eigenvalue weighted by Gasteiger charge is 1.93. The Bertz CT molecular complexity index is 192. The van der Waals surface area contributed by atoms with Crippen molar-refractivity contribution in [2.24, 2.45) is 5.73 Å². The molecule has 114 valence electrons. The fraction of sp³-hybridized carbons (Fsp3) is 0.882. The van der Waals surface area contributed by atoms with Crippen molar-refractivity contribution in [1.29, 1.82) is 0 Å². The van der Waals surface area contributed by atoms with Crippen LogP contribution in [0.3, 0.4) is 0 Å². The van der Waals surface area contributed by atoms with Crippen LogP contribution < -0.4 is 5.73 Å². The van der Waals surface area contributed by atoms with Crippen molar-refractivity contribution in [2.45, 2.75) is 90.0 Å². The molecule has 0 radical (unpaired) electrons. The van der Waals surface area contributed by atoms with Gasteiger partial charge in [0.05, 0.1) is 6.61 Å². The van der Waals surface area contributed by atoms with Crippen LogP contribution in [0.25, 0.3) is 0 Å². The van der Waals surface area contributed by atoms with Crippen LogP contribution in [-0.2, 0) is 0 Å². The summed E-state index contributed by atoms with van der Waals surface area (Å²) >= 11 is 0. The molecule has 0 aliphatic carbocycles. The highest BCUT2D eigenvalue weighted by molar-refractivity contribution is 4.90. The molecule has 0 amide bonds. The molecule has 1 atom stereocenters. The summed E-state index contributed by atoms with van der Waals surface area (Å²) in [4.78, 5) is 0. The third-order valence-corrected chi connectivity index (χ3v) is 3.57. The molecular formula is C17H35NO. The third kappa shape index (κ3) is 15.6. The van der Waals surface area contributed by atoms with Gasteiger partial charge in [-0.2, -0.15) is 0 Å². The van der Waals surface area contributed by atoms with Crippen LogP contribution in [0.15, 0.2) is 12.2 Å². The van der Waals surface area contributed by atoms with E-state index in [-0.39, 0.29) is 12.6 Å². The van der Waals surface area contributed by atoms with Crippen molar-refractivity contribution >= 4 is 0 Å². The topological polar surface area (TPSA) is 46.2 Å². The average Bonchev–Trinajstić information content (AvgIpc) is 2.43. The third-order valence-electron chi connectivity index (χ3n) is 3.57. The zero-order valence-electron chi connectivity index (χ0n) is 12.9. The minimum atomic E-state index is -0.173. The zero-order chi connectivity index (χ0) is 14.2. The van der Waals surface area contributed by atoms with Gasteiger partial charge in [0, 0.05) is 6.04 Å². The monoisotopic (exact) mass is 269 g/mol. The number of rotatable bonds is 14. The molecule has 3 N–H and O–H groups in total. The van der Waals surface area contributed by atoms with Gasteiger partial charge in [0.2, 0.25) is 0 Å². The van der Waals surface area contributed by atoms with Gasteiger partial charge < -0.3 is 10.8 Å². The standard InChI is InChI=1S/C17H35NO/c1-2-3-4-5-6-7-8-9-10-11-12-13-14-15-17(18)16-19/h14-15,17,19H,2-13,16,18H2,1H3/b15-14+. The van der Waals surface area contributed by atoms with E-state index in [1.54, 1.807) is 0 Å². The Kier molecular flexibility index (Phi) is 15.4. The Balaban J connectivity index is 3.05. The van der Waals surface area contributed by atoms with Gasteiger partial charge in [-0.1, -0.05) is 83.3 Å². The first kappa shape index (κ1) is 18.7. The van der Waals surface area contributed by atoms with Gasteiger partial charge >= 0.3 is 0 Å². The molecule has 2 nitrogen and oxygen atoms in total. The fourth-order valence-electron chi connectivity index (χ4n) is 2.26. The van der Waals surface area contributed by atoms with Gasteiger partial charge in [-0.3, -0.25) is 0 Å². The van der Waals surface area contributed by atoms with Crippen LogP contribution in [-0.4, -0.2) is 17.8 Å². The maximum absolute atomic E-state index is 8.75. The van der Waals surface area contributed by atoms with Crippen molar-refractivity contribution in [3.05, 3.63) is 12.2 Å². The van der Waals surface area contributed by atoms with E-state index < -0.39 is 0 Å². The smallest absolute Gasteiger partial charge is 0.0618 e. The summed E-state index contributed by atoms with van der Waals surface area (Å²) < 4.78 is 0. The molecule has 0 saturated carbocycles. The second kappa shape index (κ2) is 15.7. The Morgan fingerprint density at radius 2 is 1.32 bits per heavy atom. The first-order chi connectivity index (χ1) is 9.31. The second-order valence-electron chi connectivity index (χ2n) is 5.60. The first-order valence-corrected chi connectivity index (χ1v) is 8.34. The second-order valence-corrected chi connectivity index (χ2v) is 5.60. The SMILES string of the molecule is CCCCCCCCCCCCC/C=C/C(N)CO.